The topological polar surface area (TPSA) is 121 Å². The average molecular weight is 645 g/mol. The summed E-state index contributed by atoms with van der Waals surface area (Å²) in [6.07, 6.45) is 8.87. The van der Waals surface area contributed by atoms with Gasteiger partial charge in [-0.2, -0.15) is 0 Å². The largest absolute Gasteiger partial charge is 0.383 e. The number of benzene rings is 4. The van der Waals surface area contributed by atoms with Crippen molar-refractivity contribution < 1.29 is 13.8 Å². The summed E-state index contributed by atoms with van der Waals surface area (Å²) in [5.74, 6) is 10.6. The fraction of sp³-hybridized carbons (Fsp3) is 0.175. The molecule has 2 aromatic heterocycles. The Hall–Kier alpha value is -6.13. The van der Waals surface area contributed by atoms with Gasteiger partial charge in [-0.15, -0.1) is 6.42 Å². The molecular formula is C40H36N8O+2. The predicted molar refractivity (Wildman–Crippen MR) is 193 cm³/mol. The van der Waals surface area contributed by atoms with Gasteiger partial charge in [0.05, 0.1) is 11.0 Å². The molecule has 240 valence electrons. The lowest BCUT2D eigenvalue weighted by Crippen LogP contribution is -2.69. The van der Waals surface area contributed by atoms with E-state index in [-0.39, 0.29) is 16.9 Å². The van der Waals surface area contributed by atoms with Gasteiger partial charge >= 0.3 is 5.91 Å². The van der Waals surface area contributed by atoms with Gasteiger partial charge in [0.25, 0.3) is 0 Å². The quantitative estimate of drug-likeness (QED) is 0.186. The molecule has 3 heterocycles. The summed E-state index contributed by atoms with van der Waals surface area (Å²) >= 11 is 0. The van der Waals surface area contributed by atoms with Crippen LogP contribution in [0.5, 0.6) is 0 Å². The number of quaternary nitrogens is 2. The van der Waals surface area contributed by atoms with Gasteiger partial charge in [0.1, 0.15) is 63.6 Å². The summed E-state index contributed by atoms with van der Waals surface area (Å²) in [7, 11) is 0. The van der Waals surface area contributed by atoms with E-state index in [1.807, 2.05) is 72.8 Å². The number of nitrogen functional groups attached to an aromatic ring is 2. The van der Waals surface area contributed by atoms with Crippen molar-refractivity contribution in [2.75, 3.05) is 44.2 Å². The number of amides is 1. The molecule has 7 rings (SSSR count). The number of carbonyl (C=O) groups excluding carboxylic acids is 1. The summed E-state index contributed by atoms with van der Waals surface area (Å²) in [5.41, 5.74) is 18.8. The van der Waals surface area contributed by atoms with Crippen LogP contribution in [0.25, 0.3) is 32.9 Å². The summed E-state index contributed by atoms with van der Waals surface area (Å²) in [4.78, 5) is 31.8. The maximum Gasteiger partial charge on any atom is 0.369 e. The van der Waals surface area contributed by atoms with Crippen LogP contribution in [0.1, 0.15) is 16.7 Å². The van der Waals surface area contributed by atoms with Crippen LogP contribution in [-0.2, 0) is 17.9 Å². The molecule has 0 aliphatic carbocycles. The van der Waals surface area contributed by atoms with Gasteiger partial charge in [-0.1, -0.05) is 66.6 Å². The predicted octanol–water partition coefficient (Wildman–Crippen LogP) is 4.96. The Balaban J connectivity index is 1.21. The Morgan fingerprint density at radius 2 is 1.33 bits per heavy atom. The van der Waals surface area contributed by atoms with E-state index in [0.717, 1.165) is 49.6 Å². The second-order valence-electron chi connectivity index (χ2n) is 12.8. The summed E-state index contributed by atoms with van der Waals surface area (Å²) in [6.45, 7) is 3.39. The Morgan fingerprint density at radius 3 is 1.94 bits per heavy atom. The molecule has 4 aromatic carbocycles. The number of carbonyl (C=O) groups is 1. The Kier molecular flexibility index (Phi) is 8.46. The summed E-state index contributed by atoms with van der Waals surface area (Å²) in [5, 5.41) is 1.57. The van der Waals surface area contributed by atoms with Crippen LogP contribution in [0.2, 0.25) is 0 Å². The highest BCUT2D eigenvalue weighted by Gasteiger charge is 2.49. The van der Waals surface area contributed by atoms with Crippen LogP contribution in [0, 0.1) is 24.2 Å². The zero-order chi connectivity index (χ0) is 33.8. The molecule has 1 saturated heterocycles. The van der Waals surface area contributed by atoms with E-state index in [2.05, 4.69) is 55.9 Å². The summed E-state index contributed by atoms with van der Waals surface area (Å²) in [6, 6.07) is 30.3. The molecule has 49 heavy (non-hydrogen) atoms. The van der Waals surface area contributed by atoms with Crippen LogP contribution in [0.4, 0.5) is 11.6 Å². The van der Waals surface area contributed by atoms with Crippen molar-refractivity contribution in [3.8, 4) is 35.3 Å². The standard InChI is InChI=1S/C40H36N8O/c1-2-18-47(19-8-12-32-11-6-7-13-33(32)31-9-4-3-5-10-31)20-21-48(38(49)26-47,24-29-14-16-34-36(22-29)43-27-45-39(34)41)25-30-15-17-35-37(23-30)44-28-46-40(35)42/h1,3-7,9-11,13-17,22-23,27-28H,18-21,24-26H2,(H2,41,43,45)(H2,42,44,46)/q+2. The van der Waals surface area contributed by atoms with Gasteiger partial charge < -0.3 is 11.5 Å². The number of rotatable bonds is 7. The van der Waals surface area contributed by atoms with Crippen LogP contribution >= 0.6 is 0 Å². The van der Waals surface area contributed by atoms with Crippen molar-refractivity contribution in [2.45, 2.75) is 13.1 Å². The lowest BCUT2D eigenvalue weighted by Gasteiger charge is -2.46. The van der Waals surface area contributed by atoms with Crippen molar-refractivity contribution in [2.24, 2.45) is 0 Å². The maximum atomic E-state index is 14.7. The van der Waals surface area contributed by atoms with Crippen molar-refractivity contribution >= 4 is 39.3 Å². The smallest absolute Gasteiger partial charge is 0.369 e. The van der Waals surface area contributed by atoms with E-state index < -0.39 is 0 Å². The van der Waals surface area contributed by atoms with Gasteiger partial charge in [0, 0.05) is 27.5 Å². The third-order valence-electron chi connectivity index (χ3n) is 9.51. The van der Waals surface area contributed by atoms with Crippen molar-refractivity contribution in [3.05, 3.63) is 120 Å². The van der Waals surface area contributed by atoms with E-state index in [1.165, 1.54) is 12.7 Å². The van der Waals surface area contributed by atoms with Gasteiger partial charge in [0.15, 0.2) is 6.54 Å². The third-order valence-corrected chi connectivity index (χ3v) is 9.51. The highest BCUT2D eigenvalue weighted by molar-refractivity contribution is 5.89. The van der Waals surface area contributed by atoms with Crippen LogP contribution in [-0.4, -0.2) is 67.5 Å². The van der Waals surface area contributed by atoms with E-state index >= 15 is 0 Å². The van der Waals surface area contributed by atoms with Crippen LogP contribution in [0.3, 0.4) is 0 Å². The van der Waals surface area contributed by atoms with Gasteiger partial charge in [-0.3, -0.25) is 4.48 Å². The van der Waals surface area contributed by atoms with Crippen molar-refractivity contribution in [1.82, 2.24) is 19.9 Å². The van der Waals surface area contributed by atoms with Crippen LogP contribution < -0.4 is 11.5 Å². The molecule has 0 spiro atoms. The van der Waals surface area contributed by atoms with Gasteiger partial charge in [-0.25, -0.2) is 29.2 Å². The second-order valence-corrected chi connectivity index (χ2v) is 12.8. The minimum absolute atomic E-state index is 0.109. The molecule has 0 bridgehead atoms. The first-order chi connectivity index (χ1) is 23.9. The fourth-order valence-electron chi connectivity index (χ4n) is 6.86. The number of hydrogen-bond acceptors (Lipinski definition) is 7. The number of terminal acetylenes is 1. The molecule has 1 atom stereocenters. The minimum atomic E-state index is 0.109. The van der Waals surface area contributed by atoms with Gasteiger partial charge in [-0.05, 0) is 53.3 Å². The number of nitrogens with two attached hydrogens (primary N) is 2. The van der Waals surface area contributed by atoms with E-state index in [0.29, 0.717) is 55.4 Å². The molecule has 1 fully saturated rings. The number of aromatic nitrogens is 4. The lowest BCUT2D eigenvalue weighted by molar-refractivity contribution is -0.985. The van der Waals surface area contributed by atoms with Crippen molar-refractivity contribution in [1.29, 1.82) is 0 Å². The maximum absolute atomic E-state index is 14.7. The molecule has 6 aromatic rings. The molecule has 0 radical (unpaired) electrons. The monoisotopic (exact) mass is 644 g/mol. The zero-order valence-electron chi connectivity index (χ0n) is 27.1. The van der Waals surface area contributed by atoms with E-state index in [4.69, 9.17) is 17.9 Å². The highest BCUT2D eigenvalue weighted by Crippen LogP contribution is 2.30. The molecule has 1 unspecified atom stereocenters. The SMILES string of the molecule is C#CC[N+]1(CC#Cc2ccccc2-c2ccccc2)CC[N+](Cc2ccc3c(N)ncnc3c2)(Cc2ccc3c(N)ncnc3c2)C(=O)C1. The highest BCUT2D eigenvalue weighted by atomic mass is 16.2. The first-order valence-electron chi connectivity index (χ1n) is 16.2. The van der Waals surface area contributed by atoms with Crippen LogP contribution in [0.15, 0.2) is 104 Å². The minimum Gasteiger partial charge on any atom is -0.383 e. The van der Waals surface area contributed by atoms with E-state index in [9.17, 15) is 4.79 Å². The molecule has 1 aliphatic rings. The zero-order valence-corrected chi connectivity index (χ0v) is 27.1. The number of anilines is 2. The first kappa shape index (κ1) is 31.5. The molecule has 4 N–H and O–H groups in total. The van der Waals surface area contributed by atoms with E-state index in [1.54, 1.807) is 0 Å². The summed E-state index contributed by atoms with van der Waals surface area (Å²) < 4.78 is 0.631. The molecule has 9 nitrogen and oxygen atoms in total. The normalized spacial score (nSPS) is 16.9. The molecule has 9 heteroatoms. The number of hydrogen-bond donors (Lipinski definition) is 2. The first-order valence-corrected chi connectivity index (χ1v) is 16.2. The Bertz CT molecular complexity index is 2220. The second kappa shape index (κ2) is 13.2. The third kappa shape index (κ3) is 6.41. The molecular weight excluding hydrogens is 608 g/mol. The van der Waals surface area contributed by atoms with Gasteiger partial charge in [0.2, 0.25) is 0 Å². The Labute approximate surface area is 285 Å². The lowest BCUT2D eigenvalue weighted by atomic mass is 10.00. The Morgan fingerprint density at radius 1 is 0.714 bits per heavy atom. The van der Waals surface area contributed by atoms with Crippen molar-refractivity contribution in [3.63, 3.8) is 0 Å². The number of fused-ring (bicyclic) bond motifs is 2. The number of nitrogens with zero attached hydrogens (tertiary/aromatic N) is 6. The molecule has 1 amide bonds. The molecule has 1 aliphatic heterocycles. The average Bonchev–Trinajstić information content (AvgIpc) is 3.11. The fourth-order valence-corrected chi connectivity index (χ4v) is 6.86. The molecule has 0 saturated carbocycles. The number of piperazine rings is 1.